The minimum atomic E-state index is 0.570. The number of nitrogens with one attached hydrogen (secondary N) is 2. The van der Waals surface area contributed by atoms with E-state index >= 15 is 0 Å². The Bertz CT molecular complexity index is 443. The van der Waals surface area contributed by atoms with Crippen LogP contribution in [0.15, 0.2) is 22.7 Å². The summed E-state index contributed by atoms with van der Waals surface area (Å²) in [7, 11) is 0. The number of rotatable bonds is 3. The van der Waals surface area contributed by atoms with Gasteiger partial charge in [-0.2, -0.15) is 4.98 Å². The zero-order valence-electron chi connectivity index (χ0n) is 8.94. The average molecular weight is 218 g/mol. The van der Waals surface area contributed by atoms with Gasteiger partial charge in [-0.1, -0.05) is 0 Å². The van der Waals surface area contributed by atoms with Crippen molar-refractivity contribution >= 4 is 17.2 Å². The highest BCUT2D eigenvalue weighted by atomic mass is 16.4. The van der Waals surface area contributed by atoms with E-state index in [0.717, 1.165) is 25.2 Å². The molecule has 5 nitrogen and oxygen atoms in total. The van der Waals surface area contributed by atoms with Gasteiger partial charge in [-0.3, -0.25) is 0 Å². The Morgan fingerprint density at radius 1 is 1.56 bits per heavy atom. The van der Waals surface area contributed by atoms with Crippen LogP contribution in [-0.4, -0.2) is 29.6 Å². The predicted molar refractivity (Wildman–Crippen MR) is 61.3 cm³/mol. The molecule has 1 unspecified atom stereocenters. The first-order chi connectivity index (χ1) is 7.92. The second kappa shape index (κ2) is 4.09. The standard InChI is InChI=1S/C11H14N4O/c1-2-9-10(13-4-1)16-11(15-9)14-7-8-3-5-12-6-8/h1-2,4,8,12H,3,5-7H2,(H,14,15). The third-order valence-corrected chi connectivity index (χ3v) is 2.87. The van der Waals surface area contributed by atoms with Crippen LogP contribution < -0.4 is 10.6 Å². The van der Waals surface area contributed by atoms with Gasteiger partial charge in [0, 0.05) is 12.7 Å². The Kier molecular flexibility index (Phi) is 2.46. The van der Waals surface area contributed by atoms with Crippen LogP contribution in [0.3, 0.4) is 0 Å². The third-order valence-electron chi connectivity index (χ3n) is 2.87. The molecule has 0 amide bonds. The van der Waals surface area contributed by atoms with Gasteiger partial charge in [0.2, 0.25) is 5.71 Å². The Hall–Kier alpha value is -1.62. The van der Waals surface area contributed by atoms with Crippen molar-refractivity contribution in [3.05, 3.63) is 18.3 Å². The van der Waals surface area contributed by atoms with Crippen molar-refractivity contribution in [3.63, 3.8) is 0 Å². The summed E-state index contributed by atoms with van der Waals surface area (Å²) in [6.45, 7) is 3.09. The molecule has 3 rings (SSSR count). The summed E-state index contributed by atoms with van der Waals surface area (Å²) in [4.78, 5) is 8.41. The van der Waals surface area contributed by atoms with Crippen molar-refractivity contribution in [2.24, 2.45) is 5.92 Å². The van der Waals surface area contributed by atoms with E-state index in [4.69, 9.17) is 4.42 Å². The first-order valence-electron chi connectivity index (χ1n) is 5.58. The van der Waals surface area contributed by atoms with Crippen LogP contribution in [0.1, 0.15) is 6.42 Å². The molecule has 0 bridgehead atoms. The van der Waals surface area contributed by atoms with Crippen LogP contribution in [0, 0.1) is 5.92 Å². The molecule has 2 aromatic rings. The van der Waals surface area contributed by atoms with E-state index in [2.05, 4.69) is 20.6 Å². The van der Waals surface area contributed by atoms with Gasteiger partial charge in [0.1, 0.15) is 5.52 Å². The van der Waals surface area contributed by atoms with Crippen LogP contribution in [0.5, 0.6) is 0 Å². The molecule has 0 radical (unpaired) electrons. The summed E-state index contributed by atoms with van der Waals surface area (Å²) in [6, 6.07) is 4.32. The highest BCUT2D eigenvalue weighted by Gasteiger charge is 2.15. The molecule has 5 heteroatoms. The molecule has 2 N–H and O–H groups in total. The summed E-state index contributed by atoms with van der Waals surface area (Å²) in [5.41, 5.74) is 1.39. The first kappa shape index (κ1) is 9.59. The Balaban J connectivity index is 1.69. The van der Waals surface area contributed by atoms with Crippen LogP contribution in [-0.2, 0) is 0 Å². The lowest BCUT2D eigenvalue weighted by atomic mass is 10.1. The van der Waals surface area contributed by atoms with E-state index < -0.39 is 0 Å². The maximum Gasteiger partial charge on any atom is 0.297 e. The summed E-state index contributed by atoms with van der Waals surface area (Å²) in [5, 5.41) is 6.55. The van der Waals surface area contributed by atoms with E-state index in [1.807, 2.05) is 12.1 Å². The van der Waals surface area contributed by atoms with E-state index in [-0.39, 0.29) is 0 Å². The van der Waals surface area contributed by atoms with Gasteiger partial charge in [0.25, 0.3) is 6.01 Å². The molecule has 0 aliphatic carbocycles. The zero-order valence-corrected chi connectivity index (χ0v) is 8.94. The van der Waals surface area contributed by atoms with Crippen molar-refractivity contribution in [1.82, 2.24) is 15.3 Å². The molecule has 0 aromatic carbocycles. The number of hydrogen-bond donors (Lipinski definition) is 2. The number of hydrogen-bond acceptors (Lipinski definition) is 5. The smallest absolute Gasteiger partial charge is 0.297 e. The highest BCUT2D eigenvalue weighted by molar-refractivity contribution is 5.69. The van der Waals surface area contributed by atoms with Gasteiger partial charge < -0.3 is 15.1 Å². The number of pyridine rings is 1. The molecule has 1 aliphatic heterocycles. The molecule has 1 atom stereocenters. The van der Waals surface area contributed by atoms with Gasteiger partial charge in [-0.25, -0.2) is 4.98 Å². The van der Waals surface area contributed by atoms with Gasteiger partial charge in [0.05, 0.1) is 0 Å². The third kappa shape index (κ3) is 1.86. The van der Waals surface area contributed by atoms with Crippen molar-refractivity contribution in [2.75, 3.05) is 25.0 Å². The second-order valence-electron chi connectivity index (χ2n) is 4.09. The molecule has 16 heavy (non-hydrogen) atoms. The molecule has 3 heterocycles. The maximum absolute atomic E-state index is 5.47. The SMILES string of the molecule is c1cnc2oc(NCC3CCNC3)nc2c1. The topological polar surface area (TPSA) is 63.0 Å². The van der Waals surface area contributed by atoms with E-state index in [0.29, 0.717) is 17.6 Å². The summed E-state index contributed by atoms with van der Waals surface area (Å²) >= 11 is 0. The number of anilines is 1. The number of fused-ring (bicyclic) bond motifs is 1. The lowest BCUT2D eigenvalue weighted by Gasteiger charge is -2.06. The van der Waals surface area contributed by atoms with E-state index in [9.17, 15) is 0 Å². The van der Waals surface area contributed by atoms with Crippen LogP contribution in [0.2, 0.25) is 0 Å². The molecule has 0 saturated carbocycles. The summed E-state index contributed by atoms with van der Waals surface area (Å²) in [6.07, 6.45) is 2.92. The predicted octanol–water partition coefficient (Wildman–Crippen LogP) is 1.24. The van der Waals surface area contributed by atoms with Crippen molar-refractivity contribution < 1.29 is 4.42 Å². The molecule has 1 fully saturated rings. The lowest BCUT2D eigenvalue weighted by Crippen LogP contribution is -2.17. The van der Waals surface area contributed by atoms with Crippen LogP contribution in [0.25, 0.3) is 11.2 Å². The first-order valence-corrected chi connectivity index (χ1v) is 5.58. The van der Waals surface area contributed by atoms with E-state index in [1.165, 1.54) is 6.42 Å². The molecule has 2 aromatic heterocycles. The summed E-state index contributed by atoms with van der Waals surface area (Å²) in [5.74, 6) is 0.669. The monoisotopic (exact) mass is 218 g/mol. The molecule has 1 saturated heterocycles. The summed E-state index contributed by atoms with van der Waals surface area (Å²) < 4.78 is 5.47. The van der Waals surface area contributed by atoms with Crippen LogP contribution >= 0.6 is 0 Å². The van der Waals surface area contributed by atoms with Crippen molar-refractivity contribution in [3.8, 4) is 0 Å². The van der Waals surface area contributed by atoms with Gasteiger partial charge in [0.15, 0.2) is 0 Å². The Labute approximate surface area is 93.3 Å². The van der Waals surface area contributed by atoms with Gasteiger partial charge in [-0.15, -0.1) is 0 Å². The quantitative estimate of drug-likeness (QED) is 0.811. The van der Waals surface area contributed by atoms with E-state index in [1.54, 1.807) is 6.20 Å². The Morgan fingerprint density at radius 2 is 2.56 bits per heavy atom. The van der Waals surface area contributed by atoms with Crippen LogP contribution in [0.4, 0.5) is 6.01 Å². The van der Waals surface area contributed by atoms with Crippen molar-refractivity contribution in [1.29, 1.82) is 0 Å². The molecular formula is C11H14N4O. The Morgan fingerprint density at radius 3 is 3.38 bits per heavy atom. The number of oxazole rings is 1. The highest BCUT2D eigenvalue weighted by Crippen LogP contribution is 2.16. The molecule has 0 spiro atoms. The largest absolute Gasteiger partial charge is 0.404 e. The normalized spacial score (nSPS) is 20.4. The number of nitrogens with zero attached hydrogens (tertiary/aromatic N) is 2. The molecule has 84 valence electrons. The fourth-order valence-electron chi connectivity index (χ4n) is 1.97. The minimum absolute atomic E-state index is 0.570. The second-order valence-corrected chi connectivity index (χ2v) is 4.09. The fraction of sp³-hybridized carbons (Fsp3) is 0.455. The van der Waals surface area contributed by atoms with Gasteiger partial charge >= 0.3 is 0 Å². The molecule has 1 aliphatic rings. The average Bonchev–Trinajstić information content (AvgIpc) is 2.95. The molecular weight excluding hydrogens is 204 g/mol. The van der Waals surface area contributed by atoms with Crippen molar-refractivity contribution in [2.45, 2.75) is 6.42 Å². The zero-order chi connectivity index (χ0) is 10.8. The minimum Gasteiger partial charge on any atom is -0.404 e. The maximum atomic E-state index is 5.47. The number of aromatic nitrogens is 2. The van der Waals surface area contributed by atoms with Gasteiger partial charge in [-0.05, 0) is 37.6 Å². The lowest BCUT2D eigenvalue weighted by molar-refractivity contribution is 0.569. The fourth-order valence-corrected chi connectivity index (χ4v) is 1.97.